The summed E-state index contributed by atoms with van der Waals surface area (Å²) in [6.07, 6.45) is 6.02. The summed E-state index contributed by atoms with van der Waals surface area (Å²) in [4.78, 5) is 4.37. The molecule has 0 amide bonds. The van der Waals surface area contributed by atoms with E-state index in [4.69, 9.17) is 4.74 Å². The number of nitrogens with zero attached hydrogens (tertiary/aromatic N) is 2. The molecule has 0 aromatic carbocycles. The van der Waals surface area contributed by atoms with Crippen molar-refractivity contribution in [3.05, 3.63) is 22.7 Å². The molecular weight excluding hydrogens is 320 g/mol. The van der Waals surface area contributed by atoms with Crippen LogP contribution in [0, 0.1) is 5.92 Å². The number of halogens is 1. The molecule has 5 heteroatoms. The molecule has 108 valence electrons. The lowest BCUT2D eigenvalue weighted by Crippen LogP contribution is -2.22. The number of rotatable bonds is 7. The van der Waals surface area contributed by atoms with E-state index in [-0.39, 0.29) is 0 Å². The van der Waals surface area contributed by atoms with Gasteiger partial charge in [0.25, 0.3) is 0 Å². The Labute approximate surface area is 126 Å². The summed E-state index contributed by atoms with van der Waals surface area (Å²) in [6.45, 7) is 12.8. The third-order valence-corrected chi connectivity index (χ3v) is 5.02. The molecule has 0 fully saturated rings. The van der Waals surface area contributed by atoms with Gasteiger partial charge in [0.1, 0.15) is 17.2 Å². The second kappa shape index (κ2) is 7.41. The number of imidazole rings is 1. The van der Waals surface area contributed by atoms with E-state index in [0.29, 0.717) is 12.6 Å². The van der Waals surface area contributed by atoms with Gasteiger partial charge in [0.15, 0.2) is 0 Å². The van der Waals surface area contributed by atoms with Crippen molar-refractivity contribution in [2.75, 3.05) is 6.61 Å². The Morgan fingerprint density at radius 1 is 1.42 bits per heavy atom. The SMILES string of the molecule is CC(C)/C=C/c1ncc(Br)n1COCC[Si](C)(C)C. The van der Waals surface area contributed by atoms with Crippen molar-refractivity contribution in [2.45, 2.75) is 46.3 Å². The van der Waals surface area contributed by atoms with E-state index in [0.717, 1.165) is 17.0 Å². The quantitative estimate of drug-likeness (QED) is 0.532. The maximum atomic E-state index is 5.78. The average Bonchev–Trinajstić information content (AvgIpc) is 2.62. The Bertz CT molecular complexity index is 422. The molecule has 0 bridgehead atoms. The number of aromatic nitrogens is 2. The summed E-state index contributed by atoms with van der Waals surface area (Å²) in [5.41, 5.74) is 0. The predicted octanol–water partition coefficient (Wildman–Crippen LogP) is 4.63. The molecule has 3 nitrogen and oxygen atoms in total. The fraction of sp³-hybridized carbons (Fsp3) is 0.643. The molecule has 0 radical (unpaired) electrons. The first kappa shape index (κ1) is 16.7. The number of allylic oxidation sites excluding steroid dienone is 1. The van der Waals surface area contributed by atoms with E-state index in [9.17, 15) is 0 Å². The van der Waals surface area contributed by atoms with Crippen LogP contribution >= 0.6 is 15.9 Å². The lowest BCUT2D eigenvalue weighted by Gasteiger charge is -2.16. The lowest BCUT2D eigenvalue weighted by molar-refractivity contribution is 0.0853. The van der Waals surface area contributed by atoms with E-state index in [1.165, 1.54) is 6.04 Å². The summed E-state index contributed by atoms with van der Waals surface area (Å²) in [7, 11) is -1.01. The van der Waals surface area contributed by atoms with Gasteiger partial charge in [-0.3, -0.25) is 4.57 Å². The molecule has 0 saturated carbocycles. The van der Waals surface area contributed by atoms with Gasteiger partial charge in [-0.1, -0.05) is 39.6 Å². The maximum Gasteiger partial charge on any atom is 0.135 e. The molecule has 0 spiro atoms. The van der Waals surface area contributed by atoms with Crippen LogP contribution in [0.5, 0.6) is 0 Å². The van der Waals surface area contributed by atoms with Crippen LogP contribution in [0.1, 0.15) is 19.7 Å². The molecule has 0 aliphatic heterocycles. The Kier molecular flexibility index (Phi) is 6.49. The van der Waals surface area contributed by atoms with Gasteiger partial charge < -0.3 is 4.74 Å². The topological polar surface area (TPSA) is 27.1 Å². The first-order valence-corrected chi connectivity index (χ1v) is 11.3. The van der Waals surface area contributed by atoms with Crippen molar-refractivity contribution in [3.63, 3.8) is 0 Å². The summed E-state index contributed by atoms with van der Waals surface area (Å²) >= 11 is 3.51. The molecule has 1 aromatic rings. The molecule has 0 atom stereocenters. The van der Waals surface area contributed by atoms with Crippen LogP contribution in [0.4, 0.5) is 0 Å². The maximum absolute atomic E-state index is 5.78. The zero-order valence-electron chi connectivity index (χ0n) is 12.6. The number of hydrogen-bond acceptors (Lipinski definition) is 2. The minimum atomic E-state index is -1.01. The summed E-state index contributed by atoms with van der Waals surface area (Å²) in [5.74, 6) is 1.46. The fourth-order valence-corrected chi connectivity index (χ4v) is 2.58. The highest BCUT2D eigenvalue weighted by Crippen LogP contribution is 2.15. The van der Waals surface area contributed by atoms with E-state index in [2.05, 4.69) is 66.6 Å². The lowest BCUT2D eigenvalue weighted by atomic mass is 10.2. The first-order chi connectivity index (χ1) is 8.79. The molecule has 0 unspecified atom stereocenters. The smallest absolute Gasteiger partial charge is 0.135 e. The Morgan fingerprint density at radius 2 is 2.11 bits per heavy atom. The molecule has 19 heavy (non-hydrogen) atoms. The van der Waals surface area contributed by atoms with Crippen molar-refractivity contribution in [1.82, 2.24) is 9.55 Å². The zero-order valence-corrected chi connectivity index (χ0v) is 15.2. The first-order valence-electron chi connectivity index (χ1n) is 6.76. The summed E-state index contributed by atoms with van der Waals surface area (Å²) in [6, 6.07) is 1.19. The summed E-state index contributed by atoms with van der Waals surface area (Å²) < 4.78 is 8.78. The van der Waals surface area contributed by atoms with E-state index < -0.39 is 8.07 Å². The van der Waals surface area contributed by atoms with Crippen molar-refractivity contribution in [1.29, 1.82) is 0 Å². The van der Waals surface area contributed by atoms with Crippen LogP contribution < -0.4 is 0 Å². The largest absolute Gasteiger partial charge is 0.361 e. The normalized spacial score (nSPS) is 12.8. The predicted molar refractivity (Wildman–Crippen MR) is 87.9 cm³/mol. The molecule has 0 saturated heterocycles. The van der Waals surface area contributed by atoms with Gasteiger partial charge in [0, 0.05) is 14.7 Å². The van der Waals surface area contributed by atoms with E-state index in [1.54, 1.807) is 0 Å². The van der Waals surface area contributed by atoms with Gasteiger partial charge >= 0.3 is 0 Å². The van der Waals surface area contributed by atoms with Crippen molar-refractivity contribution in [3.8, 4) is 0 Å². The molecule has 0 N–H and O–H groups in total. The van der Waals surface area contributed by atoms with E-state index in [1.807, 2.05) is 10.8 Å². The minimum absolute atomic E-state index is 0.525. The van der Waals surface area contributed by atoms with Gasteiger partial charge in [0.2, 0.25) is 0 Å². The van der Waals surface area contributed by atoms with Crippen molar-refractivity contribution in [2.24, 2.45) is 5.92 Å². The Balaban J connectivity index is 2.55. The Morgan fingerprint density at radius 3 is 2.68 bits per heavy atom. The molecular formula is C14H25BrN2OSi. The molecule has 0 aliphatic carbocycles. The van der Waals surface area contributed by atoms with Crippen LogP contribution in [0.3, 0.4) is 0 Å². The second-order valence-corrected chi connectivity index (χ2v) is 12.8. The monoisotopic (exact) mass is 344 g/mol. The highest BCUT2D eigenvalue weighted by Gasteiger charge is 2.12. The third kappa shape index (κ3) is 6.54. The minimum Gasteiger partial charge on any atom is -0.361 e. The highest BCUT2D eigenvalue weighted by atomic mass is 79.9. The summed E-state index contributed by atoms with van der Waals surface area (Å²) in [5, 5.41) is 0. The highest BCUT2D eigenvalue weighted by molar-refractivity contribution is 9.10. The van der Waals surface area contributed by atoms with E-state index >= 15 is 0 Å². The average molecular weight is 345 g/mol. The van der Waals surface area contributed by atoms with Crippen LogP contribution in [-0.2, 0) is 11.5 Å². The van der Waals surface area contributed by atoms with Gasteiger partial charge in [0.05, 0.1) is 6.20 Å². The van der Waals surface area contributed by atoms with Crippen LogP contribution in [0.15, 0.2) is 16.9 Å². The molecule has 0 aliphatic rings. The zero-order chi connectivity index (χ0) is 14.5. The van der Waals surface area contributed by atoms with Gasteiger partial charge in [-0.05, 0) is 34.0 Å². The molecule has 1 heterocycles. The second-order valence-electron chi connectivity index (χ2n) is 6.32. The van der Waals surface area contributed by atoms with Crippen LogP contribution in [-0.4, -0.2) is 24.2 Å². The third-order valence-electron chi connectivity index (χ3n) is 2.68. The van der Waals surface area contributed by atoms with Gasteiger partial charge in [-0.2, -0.15) is 0 Å². The number of hydrogen-bond donors (Lipinski definition) is 0. The molecule has 1 rings (SSSR count). The van der Waals surface area contributed by atoms with Gasteiger partial charge in [-0.25, -0.2) is 4.98 Å². The fourth-order valence-electron chi connectivity index (χ4n) is 1.44. The van der Waals surface area contributed by atoms with Crippen molar-refractivity contribution >= 4 is 30.1 Å². The number of ether oxygens (including phenoxy) is 1. The Hall–Kier alpha value is -0.393. The standard InChI is InChI=1S/C14H25BrN2OSi/c1-12(2)6-7-14-16-10-13(15)17(14)11-18-8-9-19(3,4)5/h6-7,10,12H,8-9,11H2,1-5H3/b7-6+. The van der Waals surface area contributed by atoms with Crippen LogP contribution in [0.2, 0.25) is 25.7 Å². The van der Waals surface area contributed by atoms with Gasteiger partial charge in [-0.15, -0.1) is 0 Å². The van der Waals surface area contributed by atoms with Crippen molar-refractivity contribution < 1.29 is 4.74 Å². The molecule has 1 aromatic heterocycles. The van der Waals surface area contributed by atoms with Crippen LogP contribution in [0.25, 0.3) is 6.08 Å².